The predicted molar refractivity (Wildman–Crippen MR) is 143 cm³/mol. The Morgan fingerprint density at radius 1 is 0.861 bits per heavy atom. The standard InChI is InChI=1S/C30H40FN3O2/c1-3-23-10-8-11-24(4-2)28(23)32-27(35)22-33-18-9-19-34(21-20-33)29(36)30(16-6-5-7-17-30)25-12-14-26(31)15-13-25/h8,10-15H,3-7,9,16-22H2,1-2H3,(H,32,35). The molecule has 36 heavy (non-hydrogen) atoms. The van der Waals surface area contributed by atoms with Gasteiger partial charge in [-0.1, -0.05) is 63.4 Å². The summed E-state index contributed by atoms with van der Waals surface area (Å²) in [6.45, 7) is 7.31. The maximum Gasteiger partial charge on any atom is 0.238 e. The third-order valence-corrected chi connectivity index (χ3v) is 8.02. The van der Waals surface area contributed by atoms with Crippen molar-refractivity contribution in [1.82, 2.24) is 9.80 Å². The molecule has 5 nitrogen and oxygen atoms in total. The minimum atomic E-state index is -0.557. The van der Waals surface area contributed by atoms with E-state index in [9.17, 15) is 14.0 Å². The third-order valence-electron chi connectivity index (χ3n) is 8.02. The Morgan fingerprint density at radius 2 is 1.53 bits per heavy atom. The van der Waals surface area contributed by atoms with Crippen molar-refractivity contribution in [3.63, 3.8) is 0 Å². The molecule has 1 aliphatic heterocycles. The molecule has 2 aromatic carbocycles. The van der Waals surface area contributed by atoms with Gasteiger partial charge in [0, 0.05) is 31.9 Å². The Balaban J connectivity index is 1.41. The zero-order chi connectivity index (χ0) is 25.5. The van der Waals surface area contributed by atoms with Crippen LogP contribution in [-0.2, 0) is 27.8 Å². The van der Waals surface area contributed by atoms with Crippen molar-refractivity contribution in [2.24, 2.45) is 0 Å². The molecule has 6 heteroatoms. The van der Waals surface area contributed by atoms with Gasteiger partial charge in [-0.25, -0.2) is 4.39 Å². The van der Waals surface area contributed by atoms with Crippen LogP contribution in [0.25, 0.3) is 0 Å². The molecule has 1 N–H and O–H groups in total. The molecule has 0 bridgehead atoms. The van der Waals surface area contributed by atoms with E-state index < -0.39 is 5.41 Å². The molecule has 1 saturated heterocycles. The highest BCUT2D eigenvalue weighted by molar-refractivity contribution is 5.94. The molecule has 1 heterocycles. The highest BCUT2D eigenvalue weighted by Crippen LogP contribution is 2.41. The first-order chi connectivity index (χ1) is 17.5. The smallest absolute Gasteiger partial charge is 0.238 e. The SMILES string of the molecule is CCc1cccc(CC)c1NC(=O)CN1CCCN(C(=O)C2(c3ccc(F)cc3)CCCCC2)CC1. The molecule has 1 aliphatic carbocycles. The zero-order valence-corrected chi connectivity index (χ0v) is 21.8. The summed E-state index contributed by atoms with van der Waals surface area (Å²) in [7, 11) is 0. The number of nitrogens with one attached hydrogen (secondary N) is 1. The van der Waals surface area contributed by atoms with Gasteiger partial charge in [0.1, 0.15) is 5.82 Å². The van der Waals surface area contributed by atoms with E-state index in [1.165, 1.54) is 12.1 Å². The number of benzene rings is 2. The second kappa shape index (κ2) is 12.0. The minimum Gasteiger partial charge on any atom is -0.341 e. The van der Waals surface area contributed by atoms with Crippen LogP contribution in [0.4, 0.5) is 10.1 Å². The lowest BCUT2D eigenvalue weighted by molar-refractivity contribution is -0.138. The van der Waals surface area contributed by atoms with Crippen LogP contribution in [-0.4, -0.2) is 54.3 Å². The van der Waals surface area contributed by atoms with Crippen molar-refractivity contribution in [2.45, 2.75) is 70.6 Å². The van der Waals surface area contributed by atoms with Gasteiger partial charge in [-0.2, -0.15) is 0 Å². The van der Waals surface area contributed by atoms with E-state index in [-0.39, 0.29) is 17.6 Å². The van der Waals surface area contributed by atoms with Crippen LogP contribution in [0.5, 0.6) is 0 Å². The predicted octanol–water partition coefficient (Wildman–Crippen LogP) is 5.33. The van der Waals surface area contributed by atoms with Gasteiger partial charge >= 0.3 is 0 Å². The molecule has 1 saturated carbocycles. The van der Waals surface area contributed by atoms with Gasteiger partial charge in [0.2, 0.25) is 11.8 Å². The molecular formula is C30H40FN3O2. The van der Waals surface area contributed by atoms with Crippen molar-refractivity contribution in [3.8, 4) is 0 Å². The van der Waals surface area contributed by atoms with Gasteiger partial charge in [-0.15, -0.1) is 0 Å². The fraction of sp³-hybridized carbons (Fsp3) is 0.533. The first-order valence-corrected chi connectivity index (χ1v) is 13.6. The first-order valence-electron chi connectivity index (χ1n) is 13.6. The van der Waals surface area contributed by atoms with E-state index in [4.69, 9.17) is 0 Å². The summed E-state index contributed by atoms with van der Waals surface area (Å²) in [6, 6.07) is 12.7. The summed E-state index contributed by atoms with van der Waals surface area (Å²) in [5.74, 6) is -0.0986. The molecule has 4 rings (SSSR count). The Morgan fingerprint density at radius 3 is 2.17 bits per heavy atom. The lowest BCUT2D eigenvalue weighted by atomic mass is 9.68. The summed E-state index contributed by atoms with van der Waals surface area (Å²) in [5, 5.41) is 3.17. The summed E-state index contributed by atoms with van der Waals surface area (Å²) in [4.78, 5) is 31.1. The van der Waals surface area contributed by atoms with Crippen molar-refractivity contribution in [1.29, 1.82) is 0 Å². The zero-order valence-electron chi connectivity index (χ0n) is 21.8. The molecule has 2 amide bonds. The molecular weight excluding hydrogens is 453 g/mol. The topological polar surface area (TPSA) is 52.7 Å². The third kappa shape index (κ3) is 5.80. The Kier molecular flexibility index (Phi) is 8.78. The number of carbonyl (C=O) groups is 2. The largest absolute Gasteiger partial charge is 0.341 e. The second-order valence-corrected chi connectivity index (χ2v) is 10.3. The lowest BCUT2D eigenvalue weighted by Crippen LogP contribution is -2.49. The molecule has 0 spiro atoms. The van der Waals surface area contributed by atoms with Gasteiger partial charge < -0.3 is 10.2 Å². The first kappa shape index (κ1) is 26.3. The van der Waals surface area contributed by atoms with E-state index in [0.29, 0.717) is 26.2 Å². The second-order valence-electron chi connectivity index (χ2n) is 10.3. The quantitative estimate of drug-likeness (QED) is 0.568. The monoisotopic (exact) mass is 493 g/mol. The van der Waals surface area contributed by atoms with Crippen LogP contribution < -0.4 is 5.32 Å². The minimum absolute atomic E-state index is 0.000407. The maximum atomic E-state index is 14.0. The molecule has 194 valence electrons. The fourth-order valence-corrected chi connectivity index (χ4v) is 5.97. The summed E-state index contributed by atoms with van der Waals surface area (Å²) >= 11 is 0. The average Bonchev–Trinajstić information content (AvgIpc) is 3.14. The van der Waals surface area contributed by atoms with Crippen LogP contribution >= 0.6 is 0 Å². The van der Waals surface area contributed by atoms with E-state index in [0.717, 1.165) is 80.3 Å². The Hall–Kier alpha value is -2.73. The van der Waals surface area contributed by atoms with Crippen molar-refractivity contribution >= 4 is 17.5 Å². The molecule has 2 aliphatic rings. The normalized spacial score (nSPS) is 18.5. The average molecular weight is 494 g/mol. The molecule has 2 fully saturated rings. The summed E-state index contributed by atoms with van der Waals surface area (Å²) in [6.07, 6.45) is 7.39. The summed E-state index contributed by atoms with van der Waals surface area (Å²) in [5.41, 5.74) is 3.66. The number of nitrogens with zero attached hydrogens (tertiary/aromatic N) is 2. The number of para-hydroxylation sites is 1. The Bertz CT molecular complexity index is 1020. The van der Waals surface area contributed by atoms with E-state index >= 15 is 0 Å². The van der Waals surface area contributed by atoms with E-state index in [1.807, 2.05) is 4.90 Å². The van der Waals surface area contributed by atoms with Crippen LogP contribution in [0.1, 0.15) is 69.1 Å². The highest BCUT2D eigenvalue weighted by atomic mass is 19.1. The van der Waals surface area contributed by atoms with Gasteiger partial charge in [0.15, 0.2) is 0 Å². The van der Waals surface area contributed by atoms with Crippen LogP contribution in [0.2, 0.25) is 0 Å². The number of aryl methyl sites for hydroxylation is 2. The van der Waals surface area contributed by atoms with E-state index in [2.05, 4.69) is 42.3 Å². The van der Waals surface area contributed by atoms with E-state index in [1.54, 1.807) is 12.1 Å². The van der Waals surface area contributed by atoms with Crippen LogP contribution in [0.15, 0.2) is 42.5 Å². The lowest BCUT2D eigenvalue weighted by Gasteiger charge is -2.40. The number of hydrogen-bond acceptors (Lipinski definition) is 3. The molecule has 2 aromatic rings. The van der Waals surface area contributed by atoms with Gasteiger partial charge in [0.25, 0.3) is 0 Å². The molecule has 0 unspecified atom stereocenters. The molecule has 0 aromatic heterocycles. The maximum absolute atomic E-state index is 14.0. The number of amides is 2. The fourth-order valence-electron chi connectivity index (χ4n) is 5.97. The number of carbonyl (C=O) groups excluding carboxylic acids is 2. The van der Waals surface area contributed by atoms with Gasteiger partial charge in [-0.3, -0.25) is 14.5 Å². The highest BCUT2D eigenvalue weighted by Gasteiger charge is 2.43. The number of hydrogen-bond donors (Lipinski definition) is 1. The van der Waals surface area contributed by atoms with Crippen molar-refractivity contribution in [2.75, 3.05) is 38.0 Å². The van der Waals surface area contributed by atoms with Crippen molar-refractivity contribution < 1.29 is 14.0 Å². The molecule has 0 radical (unpaired) electrons. The number of rotatable bonds is 7. The van der Waals surface area contributed by atoms with Crippen LogP contribution in [0, 0.1) is 5.82 Å². The molecule has 0 atom stereocenters. The van der Waals surface area contributed by atoms with Gasteiger partial charge in [-0.05, 0) is 60.9 Å². The van der Waals surface area contributed by atoms with Gasteiger partial charge in [0.05, 0.1) is 12.0 Å². The van der Waals surface area contributed by atoms with Crippen molar-refractivity contribution in [3.05, 3.63) is 65.0 Å². The Labute approximate surface area is 215 Å². The summed E-state index contributed by atoms with van der Waals surface area (Å²) < 4.78 is 13.6. The number of halogens is 1. The van der Waals surface area contributed by atoms with Crippen LogP contribution in [0.3, 0.4) is 0 Å². The number of anilines is 1.